The van der Waals surface area contributed by atoms with Gasteiger partial charge in [-0.25, -0.2) is 0 Å². The molecule has 1 aliphatic rings. The summed E-state index contributed by atoms with van der Waals surface area (Å²) in [5.74, 6) is 1.15. The van der Waals surface area contributed by atoms with Gasteiger partial charge in [-0.05, 0) is 20.1 Å². The van der Waals surface area contributed by atoms with Crippen molar-refractivity contribution in [3.8, 4) is 0 Å². The highest BCUT2D eigenvalue weighted by Crippen LogP contribution is 2.13. The van der Waals surface area contributed by atoms with Crippen molar-refractivity contribution in [1.29, 1.82) is 0 Å². The standard InChI is InChI=1S/C13H21N3O2S/c1-10-8-12(18-14-10)9-15-4-6-16(7-5-15)13(17)11(2)19-3/h8,11H,4-7,9H2,1-3H3/t11-/m1/s1. The van der Waals surface area contributed by atoms with Gasteiger partial charge in [-0.15, -0.1) is 0 Å². The molecule has 0 aromatic carbocycles. The first kappa shape index (κ1) is 14.4. The van der Waals surface area contributed by atoms with Crippen LogP contribution in [0.25, 0.3) is 0 Å². The van der Waals surface area contributed by atoms with Gasteiger partial charge in [-0.3, -0.25) is 9.69 Å². The second-order valence-electron chi connectivity index (χ2n) is 4.91. The fourth-order valence-electron chi connectivity index (χ4n) is 2.20. The Morgan fingerprint density at radius 2 is 2.16 bits per heavy atom. The number of carbonyl (C=O) groups is 1. The van der Waals surface area contributed by atoms with Crippen LogP contribution < -0.4 is 0 Å². The van der Waals surface area contributed by atoms with E-state index in [1.54, 1.807) is 11.8 Å². The van der Waals surface area contributed by atoms with Crippen molar-refractivity contribution < 1.29 is 9.32 Å². The molecule has 1 saturated heterocycles. The maximum absolute atomic E-state index is 12.1. The molecule has 0 radical (unpaired) electrons. The van der Waals surface area contributed by atoms with E-state index in [9.17, 15) is 4.79 Å². The van der Waals surface area contributed by atoms with E-state index in [4.69, 9.17) is 4.52 Å². The topological polar surface area (TPSA) is 49.6 Å². The van der Waals surface area contributed by atoms with Gasteiger partial charge in [0.25, 0.3) is 0 Å². The van der Waals surface area contributed by atoms with Gasteiger partial charge < -0.3 is 9.42 Å². The number of aromatic nitrogens is 1. The Kier molecular flexibility index (Phi) is 4.87. The molecule has 1 amide bonds. The Labute approximate surface area is 118 Å². The zero-order valence-corrected chi connectivity index (χ0v) is 12.6. The summed E-state index contributed by atoms with van der Waals surface area (Å²) in [5, 5.41) is 3.95. The first-order valence-corrected chi connectivity index (χ1v) is 7.85. The average molecular weight is 283 g/mol. The fraction of sp³-hybridized carbons (Fsp3) is 0.692. The van der Waals surface area contributed by atoms with Gasteiger partial charge >= 0.3 is 0 Å². The molecule has 6 heteroatoms. The minimum Gasteiger partial charge on any atom is -0.360 e. The van der Waals surface area contributed by atoms with E-state index >= 15 is 0 Å². The van der Waals surface area contributed by atoms with Crippen LogP contribution in [0, 0.1) is 6.92 Å². The monoisotopic (exact) mass is 283 g/mol. The SMILES string of the molecule is CS[C@H](C)C(=O)N1CCN(Cc2cc(C)no2)CC1. The fourth-order valence-corrected chi connectivity index (χ4v) is 2.55. The third kappa shape index (κ3) is 3.73. The van der Waals surface area contributed by atoms with E-state index in [0.29, 0.717) is 0 Å². The Bertz CT molecular complexity index is 427. The molecular weight excluding hydrogens is 262 g/mol. The van der Waals surface area contributed by atoms with Crippen LogP contribution >= 0.6 is 11.8 Å². The molecule has 0 saturated carbocycles. The second-order valence-corrected chi connectivity index (χ2v) is 6.09. The largest absolute Gasteiger partial charge is 0.360 e. The summed E-state index contributed by atoms with van der Waals surface area (Å²) in [6.45, 7) is 8.07. The quantitative estimate of drug-likeness (QED) is 0.835. The maximum Gasteiger partial charge on any atom is 0.235 e. The maximum atomic E-state index is 12.1. The second kappa shape index (κ2) is 6.43. The number of thioether (sulfide) groups is 1. The molecule has 19 heavy (non-hydrogen) atoms. The molecule has 5 nitrogen and oxygen atoms in total. The van der Waals surface area contributed by atoms with E-state index in [1.165, 1.54) is 0 Å². The number of amides is 1. The van der Waals surface area contributed by atoms with Crippen molar-refractivity contribution in [1.82, 2.24) is 15.0 Å². The number of nitrogens with zero attached hydrogens (tertiary/aromatic N) is 3. The minimum atomic E-state index is 0.0588. The smallest absolute Gasteiger partial charge is 0.235 e. The van der Waals surface area contributed by atoms with Gasteiger partial charge in [-0.1, -0.05) is 5.16 Å². The van der Waals surface area contributed by atoms with Crippen molar-refractivity contribution in [2.24, 2.45) is 0 Å². The van der Waals surface area contributed by atoms with Crippen LogP contribution in [-0.2, 0) is 11.3 Å². The Morgan fingerprint density at radius 1 is 1.47 bits per heavy atom. The lowest BCUT2D eigenvalue weighted by Crippen LogP contribution is -2.50. The van der Waals surface area contributed by atoms with Crippen LogP contribution in [0.4, 0.5) is 0 Å². The van der Waals surface area contributed by atoms with Crippen molar-refractivity contribution in [2.75, 3.05) is 32.4 Å². The van der Waals surface area contributed by atoms with Gasteiger partial charge in [0.05, 0.1) is 17.5 Å². The molecular formula is C13H21N3O2S. The summed E-state index contributed by atoms with van der Waals surface area (Å²) in [5.41, 5.74) is 0.914. The van der Waals surface area contributed by atoms with Crippen LogP contribution in [0.5, 0.6) is 0 Å². The molecule has 0 N–H and O–H groups in total. The van der Waals surface area contributed by atoms with Crippen molar-refractivity contribution in [3.05, 3.63) is 17.5 Å². The van der Waals surface area contributed by atoms with Crippen LogP contribution in [0.1, 0.15) is 18.4 Å². The molecule has 2 heterocycles. The lowest BCUT2D eigenvalue weighted by molar-refractivity contribution is -0.132. The summed E-state index contributed by atoms with van der Waals surface area (Å²) >= 11 is 1.60. The third-order valence-corrected chi connectivity index (χ3v) is 4.35. The van der Waals surface area contributed by atoms with Crippen LogP contribution in [0.15, 0.2) is 10.6 Å². The van der Waals surface area contributed by atoms with E-state index in [-0.39, 0.29) is 11.2 Å². The highest BCUT2D eigenvalue weighted by Gasteiger charge is 2.24. The summed E-state index contributed by atoms with van der Waals surface area (Å²) < 4.78 is 5.22. The normalized spacial score (nSPS) is 18.6. The van der Waals surface area contributed by atoms with Gasteiger partial charge in [0.1, 0.15) is 0 Å². The summed E-state index contributed by atoms with van der Waals surface area (Å²) in [6, 6.07) is 1.97. The van der Waals surface area contributed by atoms with Crippen molar-refractivity contribution in [3.63, 3.8) is 0 Å². The van der Waals surface area contributed by atoms with Crippen LogP contribution in [0.3, 0.4) is 0 Å². The number of carbonyl (C=O) groups excluding carboxylic acids is 1. The molecule has 2 rings (SSSR count). The lowest BCUT2D eigenvalue weighted by Gasteiger charge is -2.35. The van der Waals surface area contributed by atoms with Crippen molar-refractivity contribution >= 4 is 17.7 Å². The molecule has 0 bridgehead atoms. The van der Waals surface area contributed by atoms with Crippen LogP contribution in [0.2, 0.25) is 0 Å². The van der Waals surface area contributed by atoms with Gasteiger partial charge in [0.15, 0.2) is 5.76 Å². The molecule has 1 aromatic rings. The summed E-state index contributed by atoms with van der Waals surface area (Å²) in [4.78, 5) is 16.3. The summed E-state index contributed by atoms with van der Waals surface area (Å²) in [7, 11) is 0. The molecule has 1 aliphatic heterocycles. The highest BCUT2D eigenvalue weighted by atomic mass is 32.2. The number of piperazine rings is 1. The first-order chi connectivity index (χ1) is 9.10. The zero-order chi connectivity index (χ0) is 13.8. The van der Waals surface area contributed by atoms with E-state index in [1.807, 2.05) is 31.1 Å². The molecule has 1 atom stereocenters. The predicted molar refractivity (Wildman–Crippen MR) is 76.1 cm³/mol. The van der Waals surface area contributed by atoms with Crippen LogP contribution in [-0.4, -0.2) is 58.5 Å². The predicted octanol–water partition coefficient (Wildman–Crippen LogP) is 1.38. The Balaban J connectivity index is 1.81. The number of aryl methyl sites for hydroxylation is 1. The number of rotatable bonds is 4. The summed E-state index contributed by atoms with van der Waals surface area (Å²) in [6.07, 6.45) is 1.98. The lowest BCUT2D eigenvalue weighted by atomic mass is 10.2. The van der Waals surface area contributed by atoms with E-state index in [0.717, 1.165) is 44.2 Å². The Morgan fingerprint density at radius 3 is 2.68 bits per heavy atom. The molecule has 106 valence electrons. The van der Waals surface area contributed by atoms with E-state index in [2.05, 4.69) is 10.1 Å². The molecule has 0 aliphatic carbocycles. The Hall–Kier alpha value is -1.01. The number of hydrogen-bond acceptors (Lipinski definition) is 5. The first-order valence-electron chi connectivity index (χ1n) is 6.56. The van der Waals surface area contributed by atoms with E-state index < -0.39 is 0 Å². The number of hydrogen-bond donors (Lipinski definition) is 0. The zero-order valence-electron chi connectivity index (χ0n) is 11.8. The third-order valence-electron chi connectivity index (χ3n) is 3.44. The van der Waals surface area contributed by atoms with Gasteiger partial charge in [-0.2, -0.15) is 11.8 Å². The average Bonchev–Trinajstić information content (AvgIpc) is 2.83. The molecule has 0 unspecified atom stereocenters. The molecule has 1 aromatic heterocycles. The minimum absolute atomic E-state index is 0.0588. The van der Waals surface area contributed by atoms with Gasteiger partial charge in [0.2, 0.25) is 5.91 Å². The van der Waals surface area contributed by atoms with Gasteiger partial charge in [0, 0.05) is 32.2 Å². The molecule has 1 fully saturated rings. The van der Waals surface area contributed by atoms with Crippen molar-refractivity contribution in [2.45, 2.75) is 25.6 Å². The highest BCUT2D eigenvalue weighted by molar-refractivity contribution is 7.99. The molecule has 0 spiro atoms.